The van der Waals surface area contributed by atoms with Crippen LogP contribution in [-0.4, -0.2) is 16.9 Å². The van der Waals surface area contributed by atoms with Crippen LogP contribution in [0.1, 0.15) is 32.2 Å². The van der Waals surface area contributed by atoms with Gasteiger partial charge in [0.1, 0.15) is 29.9 Å². The summed E-state index contributed by atoms with van der Waals surface area (Å²) in [7, 11) is 0. The third kappa shape index (κ3) is 4.86. The second-order valence-corrected chi connectivity index (χ2v) is 6.17. The van der Waals surface area contributed by atoms with Crippen LogP contribution in [0.15, 0.2) is 59.0 Å². The number of hydrogen-bond acceptors (Lipinski definition) is 6. The topological polar surface area (TPSA) is 125 Å². The van der Waals surface area contributed by atoms with E-state index in [2.05, 4.69) is 10.9 Å². The average Bonchev–Trinajstić information content (AvgIpc) is 3.21. The zero-order chi connectivity index (χ0) is 20.8. The molecule has 146 valence electrons. The monoisotopic (exact) mass is 411 g/mol. The van der Waals surface area contributed by atoms with Crippen LogP contribution in [0.5, 0.6) is 11.5 Å². The number of hydrazine groups is 1. The summed E-state index contributed by atoms with van der Waals surface area (Å²) >= 11 is 5.79. The predicted octanol–water partition coefficient (Wildman–Crippen LogP) is 3.16. The Morgan fingerprint density at radius 3 is 2.66 bits per heavy atom. The van der Waals surface area contributed by atoms with E-state index in [1.54, 1.807) is 24.3 Å². The van der Waals surface area contributed by atoms with Gasteiger partial charge in [-0.05, 0) is 42.5 Å². The second-order valence-electron chi connectivity index (χ2n) is 5.73. The van der Waals surface area contributed by atoms with Crippen LogP contribution in [-0.2, 0) is 6.61 Å². The number of aromatic hydroxyl groups is 1. The number of hydrogen-bond donors (Lipinski definition) is 3. The molecule has 8 nitrogen and oxygen atoms in total. The van der Waals surface area contributed by atoms with Crippen molar-refractivity contribution < 1.29 is 23.8 Å². The molecule has 0 fully saturated rings. The maximum absolute atomic E-state index is 12.1. The van der Waals surface area contributed by atoms with Gasteiger partial charge in [-0.25, -0.2) is 0 Å². The molecule has 0 aliphatic rings. The first kappa shape index (κ1) is 19.8. The molecule has 1 heterocycles. The first-order chi connectivity index (χ1) is 14.0. The summed E-state index contributed by atoms with van der Waals surface area (Å²) in [6, 6.07) is 15.6. The van der Waals surface area contributed by atoms with Gasteiger partial charge >= 0.3 is 5.91 Å². The Labute approximate surface area is 170 Å². The summed E-state index contributed by atoms with van der Waals surface area (Å²) in [5.74, 6) is -1.05. The molecular weight excluding hydrogens is 398 g/mol. The summed E-state index contributed by atoms with van der Waals surface area (Å²) < 4.78 is 10.9. The fraction of sp³-hybridized carbons (Fsp3) is 0.0500. The molecule has 29 heavy (non-hydrogen) atoms. The molecule has 3 N–H and O–H groups in total. The lowest BCUT2D eigenvalue weighted by molar-refractivity contribution is 0.0827. The molecule has 3 rings (SSSR count). The maximum Gasteiger partial charge on any atom is 0.305 e. The van der Waals surface area contributed by atoms with E-state index in [9.17, 15) is 14.7 Å². The van der Waals surface area contributed by atoms with Gasteiger partial charge in [-0.1, -0.05) is 23.7 Å². The minimum absolute atomic E-state index is 0.00865. The number of carbonyl (C=O) groups excluding carboxylic acids is 2. The molecule has 0 aliphatic heterocycles. The van der Waals surface area contributed by atoms with Crippen molar-refractivity contribution >= 4 is 23.4 Å². The number of nitrogens with zero attached hydrogens (tertiary/aromatic N) is 1. The number of furan rings is 1. The number of amides is 2. The first-order valence-electron chi connectivity index (χ1n) is 8.28. The third-order valence-electron chi connectivity index (χ3n) is 3.76. The van der Waals surface area contributed by atoms with Gasteiger partial charge in [-0.3, -0.25) is 20.4 Å². The zero-order valence-electron chi connectivity index (χ0n) is 14.8. The van der Waals surface area contributed by atoms with Gasteiger partial charge in [-0.2, -0.15) is 5.26 Å². The molecular formula is C20H14ClN3O5. The molecule has 0 spiro atoms. The minimum atomic E-state index is -0.749. The highest BCUT2D eigenvalue weighted by molar-refractivity contribution is 6.31. The number of ether oxygens (including phenoxy) is 1. The van der Waals surface area contributed by atoms with Gasteiger partial charge in [0.2, 0.25) is 0 Å². The number of nitrogens with one attached hydrogen (secondary N) is 2. The van der Waals surface area contributed by atoms with Crippen molar-refractivity contribution in [2.24, 2.45) is 0 Å². The molecule has 2 amide bonds. The van der Waals surface area contributed by atoms with E-state index in [1.165, 1.54) is 30.3 Å². The molecule has 9 heteroatoms. The molecule has 1 aromatic heterocycles. The Kier molecular flexibility index (Phi) is 6.02. The smallest absolute Gasteiger partial charge is 0.305 e. The van der Waals surface area contributed by atoms with Crippen molar-refractivity contribution in [2.45, 2.75) is 6.61 Å². The molecule has 0 radical (unpaired) electrons. The van der Waals surface area contributed by atoms with E-state index in [0.717, 1.165) is 0 Å². The van der Waals surface area contributed by atoms with E-state index in [1.807, 2.05) is 6.07 Å². The lowest BCUT2D eigenvalue weighted by atomic mass is 10.2. The fourth-order valence-electron chi connectivity index (χ4n) is 2.34. The normalized spacial score (nSPS) is 10.1. The van der Waals surface area contributed by atoms with Crippen LogP contribution in [0.2, 0.25) is 5.02 Å². The van der Waals surface area contributed by atoms with Crippen LogP contribution in [0.25, 0.3) is 0 Å². The first-order valence-corrected chi connectivity index (χ1v) is 8.65. The summed E-state index contributed by atoms with van der Waals surface area (Å²) in [4.78, 5) is 24.2. The van der Waals surface area contributed by atoms with E-state index in [0.29, 0.717) is 17.1 Å². The summed E-state index contributed by atoms with van der Waals surface area (Å²) in [5, 5.41) is 19.0. The summed E-state index contributed by atoms with van der Waals surface area (Å²) in [5.41, 5.74) is 4.63. The molecule has 0 atom stereocenters. The lowest BCUT2D eigenvalue weighted by Gasteiger charge is -2.08. The van der Waals surface area contributed by atoms with Crippen LogP contribution in [0.4, 0.5) is 0 Å². The van der Waals surface area contributed by atoms with Crippen molar-refractivity contribution in [3.63, 3.8) is 0 Å². The molecule has 0 aliphatic carbocycles. The number of carbonyl (C=O) groups is 2. The highest BCUT2D eigenvalue weighted by Gasteiger charge is 2.16. The number of phenols is 1. The summed E-state index contributed by atoms with van der Waals surface area (Å²) in [6.07, 6.45) is 0. The largest absolute Gasteiger partial charge is 0.507 e. The highest BCUT2D eigenvalue weighted by Crippen LogP contribution is 2.21. The average molecular weight is 412 g/mol. The number of para-hydroxylation sites is 1. The van der Waals surface area contributed by atoms with Crippen molar-refractivity contribution in [3.8, 4) is 17.6 Å². The van der Waals surface area contributed by atoms with E-state index in [-0.39, 0.29) is 28.7 Å². The van der Waals surface area contributed by atoms with Crippen molar-refractivity contribution in [2.75, 3.05) is 0 Å². The number of phenolic OH excluding ortho intramolecular Hbond substituents is 1. The van der Waals surface area contributed by atoms with E-state index in [4.69, 9.17) is 26.0 Å². The van der Waals surface area contributed by atoms with Gasteiger partial charge in [0, 0.05) is 5.02 Å². The van der Waals surface area contributed by atoms with Gasteiger partial charge in [0.05, 0.1) is 11.1 Å². The predicted molar refractivity (Wildman–Crippen MR) is 102 cm³/mol. The highest BCUT2D eigenvalue weighted by atomic mass is 35.5. The molecule has 2 aromatic carbocycles. The number of halogens is 1. The Morgan fingerprint density at radius 2 is 1.86 bits per heavy atom. The summed E-state index contributed by atoms with van der Waals surface area (Å²) in [6.45, 7) is 0.00865. The van der Waals surface area contributed by atoms with Crippen LogP contribution >= 0.6 is 11.6 Å². The molecule has 0 saturated carbocycles. The zero-order valence-corrected chi connectivity index (χ0v) is 15.6. The van der Waals surface area contributed by atoms with Crippen molar-refractivity contribution in [1.82, 2.24) is 10.9 Å². The van der Waals surface area contributed by atoms with Gasteiger partial charge in [-0.15, -0.1) is 0 Å². The second kappa shape index (κ2) is 8.82. The lowest BCUT2D eigenvalue weighted by Crippen LogP contribution is -2.41. The van der Waals surface area contributed by atoms with E-state index < -0.39 is 11.8 Å². The Hall–Kier alpha value is -3.96. The Balaban J connectivity index is 1.57. The van der Waals surface area contributed by atoms with Crippen LogP contribution in [0, 0.1) is 11.3 Å². The Morgan fingerprint density at radius 1 is 1.10 bits per heavy atom. The standard InChI is InChI=1S/C20H14ClN3O5/c21-13-5-7-16(25)15(9-13)19(26)23-24-20(27)18-8-6-14(29-18)11-28-17-4-2-1-3-12(17)10-22/h1-9,25H,11H2,(H,23,26)(H,24,27). The quantitative estimate of drug-likeness (QED) is 0.554. The fourth-order valence-corrected chi connectivity index (χ4v) is 2.52. The molecule has 0 saturated heterocycles. The van der Waals surface area contributed by atoms with Crippen molar-refractivity contribution in [1.29, 1.82) is 5.26 Å². The number of nitriles is 1. The molecule has 0 bridgehead atoms. The number of rotatable bonds is 5. The number of benzene rings is 2. The SMILES string of the molecule is N#Cc1ccccc1OCc1ccc(C(=O)NNC(=O)c2cc(Cl)ccc2O)o1. The maximum atomic E-state index is 12.1. The van der Waals surface area contributed by atoms with Crippen molar-refractivity contribution in [3.05, 3.63) is 82.3 Å². The minimum Gasteiger partial charge on any atom is -0.507 e. The van der Waals surface area contributed by atoms with E-state index >= 15 is 0 Å². The Bertz CT molecular complexity index is 1100. The van der Waals surface area contributed by atoms with Gasteiger partial charge in [0.15, 0.2) is 5.76 Å². The molecule has 3 aromatic rings. The van der Waals surface area contributed by atoms with Gasteiger partial charge in [0.25, 0.3) is 5.91 Å². The third-order valence-corrected chi connectivity index (χ3v) is 3.99. The molecule has 0 unspecified atom stereocenters. The van der Waals surface area contributed by atoms with Gasteiger partial charge < -0.3 is 14.3 Å². The van der Waals surface area contributed by atoms with Crippen LogP contribution < -0.4 is 15.6 Å². The van der Waals surface area contributed by atoms with Crippen LogP contribution in [0.3, 0.4) is 0 Å².